The Hall–Kier alpha value is -2.66. The molecule has 2 heterocycles. The van der Waals surface area contributed by atoms with Gasteiger partial charge >= 0.3 is 0 Å². The summed E-state index contributed by atoms with van der Waals surface area (Å²) in [4.78, 5) is 1.43. The van der Waals surface area contributed by atoms with Gasteiger partial charge in [-0.1, -0.05) is 0 Å². The van der Waals surface area contributed by atoms with Crippen molar-refractivity contribution < 1.29 is 24.2 Å². The molecular formula is C23H28NO4+. The first-order valence-corrected chi connectivity index (χ1v) is 10.1. The Morgan fingerprint density at radius 3 is 2.25 bits per heavy atom. The van der Waals surface area contributed by atoms with E-state index in [9.17, 15) is 5.11 Å². The maximum Gasteiger partial charge on any atom is 0.161 e. The van der Waals surface area contributed by atoms with E-state index in [1.165, 1.54) is 32.9 Å². The topological polar surface area (TPSA) is 52.4 Å². The van der Waals surface area contributed by atoms with E-state index in [-0.39, 0.29) is 5.75 Å². The molecule has 0 amide bonds. The summed E-state index contributed by atoms with van der Waals surface area (Å²) in [5.41, 5.74) is 6.04. The molecule has 0 bridgehead atoms. The highest BCUT2D eigenvalue weighted by Crippen LogP contribution is 2.37. The molecule has 0 saturated carbocycles. The van der Waals surface area contributed by atoms with Crippen molar-refractivity contribution in [3.63, 3.8) is 0 Å². The largest absolute Gasteiger partial charge is 0.504 e. The van der Waals surface area contributed by atoms with Crippen LogP contribution in [0.15, 0.2) is 24.3 Å². The van der Waals surface area contributed by atoms with Crippen LogP contribution in [-0.4, -0.2) is 31.5 Å². The maximum atomic E-state index is 10.2. The number of hydrogen-bond donors (Lipinski definition) is 2. The summed E-state index contributed by atoms with van der Waals surface area (Å²) < 4.78 is 17.2. The minimum absolute atomic E-state index is 0.223. The van der Waals surface area contributed by atoms with Gasteiger partial charge in [0.2, 0.25) is 0 Å². The first-order chi connectivity index (χ1) is 13.6. The zero-order valence-electron chi connectivity index (χ0n) is 16.8. The third kappa shape index (κ3) is 3.31. The van der Waals surface area contributed by atoms with Gasteiger partial charge in [-0.3, -0.25) is 4.90 Å². The van der Waals surface area contributed by atoms with E-state index in [0.29, 0.717) is 25.6 Å². The molecular weight excluding hydrogens is 354 g/mol. The van der Waals surface area contributed by atoms with Gasteiger partial charge in [0.05, 0.1) is 26.4 Å². The Morgan fingerprint density at radius 2 is 1.54 bits per heavy atom. The van der Waals surface area contributed by atoms with E-state index < -0.39 is 0 Å². The molecule has 0 spiro atoms. The fourth-order valence-corrected chi connectivity index (χ4v) is 4.14. The molecule has 1 atom stereocenters. The van der Waals surface area contributed by atoms with Gasteiger partial charge in [-0.25, -0.2) is 0 Å². The minimum atomic E-state index is 0.223. The van der Waals surface area contributed by atoms with E-state index in [4.69, 9.17) is 14.2 Å². The zero-order chi connectivity index (χ0) is 19.7. The number of phenols is 1. The summed E-state index contributed by atoms with van der Waals surface area (Å²) in [5, 5.41) is 10.2. The first-order valence-electron chi connectivity index (χ1n) is 10.1. The first kappa shape index (κ1) is 18.7. The molecule has 2 aliphatic heterocycles. The number of ether oxygens (including phenoxy) is 3. The Kier molecular flexibility index (Phi) is 5.18. The minimum Gasteiger partial charge on any atom is -0.504 e. The number of nitrogens with one attached hydrogen (secondary N) is 1. The maximum absolute atomic E-state index is 10.2. The Bertz CT molecular complexity index is 919. The second-order valence-electron chi connectivity index (χ2n) is 7.11. The Balaban J connectivity index is 1.80. The lowest BCUT2D eigenvalue weighted by Gasteiger charge is -2.32. The molecule has 0 aromatic heterocycles. The second kappa shape index (κ2) is 7.76. The highest BCUT2D eigenvalue weighted by Gasteiger charge is 2.32. The SMILES string of the molecule is CCOc1cc2c(cc1O)CC[NH+]1Cc3cc(OCC)c(OCC)cc3C=C21. The summed E-state index contributed by atoms with van der Waals surface area (Å²) in [6, 6.07) is 8.06. The van der Waals surface area contributed by atoms with E-state index >= 15 is 0 Å². The Labute approximate surface area is 166 Å². The van der Waals surface area contributed by atoms with Crippen molar-refractivity contribution in [1.82, 2.24) is 0 Å². The Morgan fingerprint density at radius 1 is 0.857 bits per heavy atom. The molecule has 2 aromatic carbocycles. The summed E-state index contributed by atoms with van der Waals surface area (Å²) in [7, 11) is 0. The van der Waals surface area contributed by atoms with Crippen LogP contribution in [0.2, 0.25) is 0 Å². The number of hydrogen-bond acceptors (Lipinski definition) is 4. The van der Waals surface area contributed by atoms with Gasteiger partial charge in [-0.15, -0.1) is 0 Å². The van der Waals surface area contributed by atoms with Crippen LogP contribution >= 0.6 is 0 Å². The monoisotopic (exact) mass is 382 g/mol. The molecule has 28 heavy (non-hydrogen) atoms. The van der Waals surface area contributed by atoms with Crippen LogP contribution in [0.25, 0.3) is 11.8 Å². The summed E-state index contributed by atoms with van der Waals surface area (Å²) in [6.45, 7) is 9.57. The molecule has 0 saturated heterocycles. The summed E-state index contributed by atoms with van der Waals surface area (Å²) >= 11 is 0. The van der Waals surface area contributed by atoms with Crippen molar-refractivity contribution in [3.05, 3.63) is 46.5 Å². The lowest BCUT2D eigenvalue weighted by atomic mass is 9.90. The molecule has 2 aliphatic rings. The average Bonchev–Trinajstić information content (AvgIpc) is 2.68. The van der Waals surface area contributed by atoms with Gasteiger partial charge in [-0.2, -0.15) is 0 Å². The summed E-state index contributed by atoms with van der Waals surface area (Å²) in [5.74, 6) is 2.39. The van der Waals surface area contributed by atoms with Gasteiger partial charge in [0, 0.05) is 23.6 Å². The predicted molar refractivity (Wildman–Crippen MR) is 109 cm³/mol. The molecule has 1 unspecified atom stereocenters. The van der Waals surface area contributed by atoms with Crippen molar-refractivity contribution in [2.24, 2.45) is 0 Å². The van der Waals surface area contributed by atoms with Gasteiger partial charge in [0.15, 0.2) is 23.0 Å². The number of aromatic hydroxyl groups is 1. The quantitative estimate of drug-likeness (QED) is 0.806. The molecule has 5 nitrogen and oxygen atoms in total. The molecule has 148 valence electrons. The van der Waals surface area contributed by atoms with Crippen LogP contribution < -0.4 is 19.1 Å². The highest BCUT2D eigenvalue weighted by atomic mass is 16.5. The normalized spacial score (nSPS) is 17.1. The van der Waals surface area contributed by atoms with Crippen LogP contribution in [0.4, 0.5) is 0 Å². The van der Waals surface area contributed by atoms with Gasteiger partial charge in [0.25, 0.3) is 0 Å². The van der Waals surface area contributed by atoms with Crippen molar-refractivity contribution in [3.8, 4) is 23.0 Å². The summed E-state index contributed by atoms with van der Waals surface area (Å²) in [6.07, 6.45) is 3.18. The zero-order valence-corrected chi connectivity index (χ0v) is 16.8. The molecule has 0 aliphatic carbocycles. The molecule has 0 fully saturated rings. The lowest BCUT2D eigenvalue weighted by Crippen LogP contribution is -3.09. The lowest BCUT2D eigenvalue weighted by molar-refractivity contribution is -0.841. The fourth-order valence-electron chi connectivity index (χ4n) is 4.14. The molecule has 5 heteroatoms. The van der Waals surface area contributed by atoms with Crippen molar-refractivity contribution in [1.29, 1.82) is 0 Å². The van der Waals surface area contributed by atoms with Crippen LogP contribution in [0.5, 0.6) is 23.0 Å². The van der Waals surface area contributed by atoms with Gasteiger partial charge < -0.3 is 19.3 Å². The molecule has 2 N–H and O–H groups in total. The van der Waals surface area contributed by atoms with Crippen LogP contribution in [-0.2, 0) is 13.0 Å². The molecule has 2 aromatic rings. The number of rotatable bonds is 6. The van der Waals surface area contributed by atoms with E-state index in [0.717, 1.165) is 31.0 Å². The van der Waals surface area contributed by atoms with Gasteiger partial charge in [-0.05, 0) is 56.2 Å². The molecule has 0 radical (unpaired) electrons. The standard InChI is InChI=1S/C23H27NO4/c1-4-26-21-13-18-15(10-20(21)25)7-8-24-14-17-12-23(28-6-3)22(27-5-2)11-16(17)9-19(18)24/h9-13,25H,4-8,14H2,1-3H3/p+1. The smallest absolute Gasteiger partial charge is 0.161 e. The van der Waals surface area contributed by atoms with E-state index in [1.807, 2.05) is 32.9 Å². The third-order valence-corrected chi connectivity index (χ3v) is 5.36. The number of fused-ring (bicyclic) bond motifs is 4. The number of phenolic OH excluding ortho intramolecular Hbond substituents is 1. The third-order valence-electron chi connectivity index (χ3n) is 5.36. The van der Waals surface area contributed by atoms with Crippen molar-refractivity contribution in [2.45, 2.75) is 33.7 Å². The van der Waals surface area contributed by atoms with E-state index in [1.54, 1.807) is 0 Å². The second-order valence-corrected chi connectivity index (χ2v) is 7.11. The van der Waals surface area contributed by atoms with Crippen molar-refractivity contribution >= 4 is 11.8 Å². The molecule has 4 rings (SSSR count). The van der Waals surface area contributed by atoms with Gasteiger partial charge in [0.1, 0.15) is 12.2 Å². The number of benzene rings is 2. The van der Waals surface area contributed by atoms with E-state index in [2.05, 4.69) is 18.2 Å². The van der Waals surface area contributed by atoms with Crippen LogP contribution in [0, 0.1) is 0 Å². The average molecular weight is 382 g/mol. The van der Waals surface area contributed by atoms with Crippen LogP contribution in [0.3, 0.4) is 0 Å². The highest BCUT2D eigenvalue weighted by molar-refractivity contribution is 5.82. The van der Waals surface area contributed by atoms with Crippen LogP contribution in [0.1, 0.15) is 43.0 Å². The predicted octanol–water partition coefficient (Wildman–Crippen LogP) is 3.04. The number of quaternary nitrogens is 1. The van der Waals surface area contributed by atoms with Crippen molar-refractivity contribution in [2.75, 3.05) is 26.4 Å². The fraction of sp³-hybridized carbons (Fsp3) is 0.391.